The van der Waals surface area contributed by atoms with Gasteiger partial charge in [0.15, 0.2) is 11.5 Å². The number of rotatable bonds is 5. The molecule has 2 aromatic rings. The maximum atomic E-state index is 8.67. The second-order valence-corrected chi connectivity index (χ2v) is 4.88. The fourth-order valence-electron chi connectivity index (χ4n) is 1.68. The van der Waals surface area contributed by atoms with Crippen LogP contribution in [0.3, 0.4) is 0 Å². The van der Waals surface area contributed by atoms with Crippen LogP contribution >= 0.6 is 11.3 Å². The summed E-state index contributed by atoms with van der Waals surface area (Å²) in [4.78, 5) is 5.30. The van der Waals surface area contributed by atoms with E-state index in [2.05, 4.69) is 11.1 Å². The van der Waals surface area contributed by atoms with Crippen LogP contribution in [0.4, 0.5) is 0 Å². The molecular formula is C14H14N2O2S. The van der Waals surface area contributed by atoms with Gasteiger partial charge in [0.25, 0.3) is 0 Å². The molecule has 0 aliphatic heterocycles. The summed E-state index contributed by atoms with van der Waals surface area (Å²) in [5.41, 5.74) is 0.971. The highest BCUT2D eigenvalue weighted by atomic mass is 32.1. The van der Waals surface area contributed by atoms with Gasteiger partial charge in [0.05, 0.1) is 26.2 Å². The van der Waals surface area contributed by atoms with Gasteiger partial charge >= 0.3 is 0 Å². The number of aromatic nitrogens is 1. The van der Waals surface area contributed by atoms with Gasteiger partial charge in [-0.05, 0) is 25.1 Å². The minimum absolute atomic E-state index is 0.395. The van der Waals surface area contributed by atoms with Gasteiger partial charge in [-0.15, -0.1) is 11.3 Å². The van der Waals surface area contributed by atoms with Crippen LogP contribution in [-0.2, 0) is 6.42 Å². The summed E-state index contributed by atoms with van der Waals surface area (Å²) in [6, 6.07) is 7.85. The van der Waals surface area contributed by atoms with Crippen molar-refractivity contribution in [3.8, 4) is 28.1 Å². The Morgan fingerprint density at radius 1 is 1.37 bits per heavy atom. The molecule has 0 unspecified atom stereocenters. The number of thiazole rings is 1. The standard InChI is InChI=1S/C14H14N2O2S/c1-3-18-13-8-10(4-5-12(13)17-2)14-16-9-11(19-14)6-7-15/h4-5,8-9H,3,6H2,1-2H3. The van der Waals surface area contributed by atoms with E-state index < -0.39 is 0 Å². The van der Waals surface area contributed by atoms with Gasteiger partial charge in [0.1, 0.15) is 5.01 Å². The van der Waals surface area contributed by atoms with Crippen LogP contribution in [0, 0.1) is 11.3 Å². The number of ether oxygens (including phenoxy) is 2. The van der Waals surface area contributed by atoms with Crippen LogP contribution in [0.25, 0.3) is 10.6 Å². The third-order valence-electron chi connectivity index (χ3n) is 2.52. The molecule has 0 amide bonds. The summed E-state index contributed by atoms with van der Waals surface area (Å²) in [7, 11) is 1.62. The zero-order valence-corrected chi connectivity index (χ0v) is 11.7. The second kappa shape index (κ2) is 6.21. The van der Waals surface area contributed by atoms with Crippen LogP contribution in [0.15, 0.2) is 24.4 Å². The van der Waals surface area contributed by atoms with Crippen molar-refractivity contribution in [3.63, 3.8) is 0 Å². The van der Waals surface area contributed by atoms with Crippen molar-refractivity contribution < 1.29 is 9.47 Å². The summed E-state index contributed by atoms with van der Waals surface area (Å²) in [6.45, 7) is 2.51. The first-order chi connectivity index (χ1) is 9.28. The Morgan fingerprint density at radius 3 is 2.89 bits per heavy atom. The molecule has 0 aliphatic carbocycles. The van der Waals surface area contributed by atoms with E-state index >= 15 is 0 Å². The Kier molecular flexibility index (Phi) is 4.37. The molecule has 0 saturated heterocycles. The fraction of sp³-hybridized carbons (Fsp3) is 0.286. The van der Waals surface area contributed by atoms with E-state index in [1.807, 2.05) is 25.1 Å². The maximum Gasteiger partial charge on any atom is 0.161 e. The highest BCUT2D eigenvalue weighted by Gasteiger charge is 2.09. The molecule has 0 N–H and O–H groups in total. The summed E-state index contributed by atoms with van der Waals surface area (Å²) in [5.74, 6) is 1.42. The molecule has 0 bridgehead atoms. The topological polar surface area (TPSA) is 55.1 Å². The summed E-state index contributed by atoms with van der Waals surface area (Å²) >= 11 is 1.52. The van der Waals surface area contributed by atoms with E-state index in [0.717, 1.165) is 15.4 Å². The highest BCUT2D eigenvalue weighted by Crippen LogP contribution is 2.34. The molecule has 0 aliphatic rings. The molecule has 1 heterocycles. The molecule has 19 heavy (non-hydrogen) atoms. The lowest BCUT2D eigenvalue weighted by molar-refractivity contribution is 0.311. The lowest BCUT2D eigenvalue weighted by Crippen LogP contribution is -1.95. The van der Waals surface area contributed by atoms with Gasteiger partial charge in [0.2, 0.25) is 0 Å². The fourth-order valence-corrected chi connectivity index (χ4v) is 2.52. The number of benzene rings is 1. The number of hydrogen-bond donors (Lipinski definition) is 0. The molecular weight excluding hydrogens is 260 g/mol. The van der Waals surface area contributed by atoms with Gasteiger partial charge < -0.3 is 9.47 Å². The van der Waals surface area contributed by atoms with Crippen molar-refractivity contribution in [1.29, 1.82) is 5.26 Å². The van der Waals surface area contributed by atoms with Crippen molar-refractivity contribution in [2.45, 2.75) is 13.3 Å². The predicted octanol–water partition coefficient (Wildman–Crippen LogP) is 3.28. The van der Waals surface area contributed by atoms with E-state index in [0.29, 0.717) is 24.5 Å². The quantitative estimate of drug-likeness (QED) is 0.839. The largest absolute Gasteiger partial charge is 0.493 e. The first kappa shape index (κ1) is 13.4. The Hall–Kier alpha value is -2.06. The van der Waals surface area contributed by atoms with Crippen molar-refractivity contribution in [1.82, 2.24) is 4.98 Å². The molecule has 2 rings (SSSR count). The van der Waals surface area contributed by atoms with E-state index in [1.54, 1.807) is 13.3 Å². The Bertz CT molecular complexity index is 602. The number of nitriles is 1. The van der Waals surface area contributed by atoms with Gasteiger partial charge in [0, 0.05) is 16.6 Å². The molecule has 4 nitrogen and oxygen atoms in total. The van der Waals surface area contributed by atoms with Gasteiger partial charge in [-0.25, -0.2) is 4.98 Å². The molecule has 0 fully saturated rings. The van der Waals surface area contributed by atoms with Gasteiger partial charge in [-0.3, -0.25) is 0 Å². The van der Waals surface area contributed by atoms with Crippen molar-refractivity contribution in [2.24, 2.45) is 0 Å². The maximum absolute atomic E-state index is 8.67. The normalized spacial score (nSPS) is 9.95. The van der Waals surface area contributed by atoms with E-state index in [-0.39, 0.29) is 0 Å². The molecule has 0 spiro atoms. The minimum Gasteiger partial charge on any atom is -0.493 e. The van der Waals surface area contributed by atoms with E-state index in [1.165, 1.54) is 11.3 Å². The smallest absolute Gasteiger partial charge is 0.161 e. The Balaban J connectivity index is 2.33. The van der Waals surface area contributed by atoms with Gasteiger partial charge in [-0.2, -0.15) is 5.26 Å². The summed E-state index contributed by atoms with van der Waals surface area (Å²) in [6.07, 6.45) is 2.14. The van der Waals surface area contributed by atoms with Crippen molar-refractivity contribution in [2.75, 3.05) is 13.7 Å². The van der Waals surface area contributed by atoms with E-state index in [9.17, 15) is 0 Å². The highest BCUT2D eigenvalue weighted by molar-refractivity contribution is 7.15. The van der Waals surface area contributed by atoms with Crippen LogP contribution in [0.5, 0.6) is 11.5 Å². The van der Waals surface area contributed by atoms with Gasteiger partial charge in [-0.1, -0.05) is 0 Å². The lowest BCUT2D eigenvalue weighted by atomic mass is 10.2. The monoisotopic (exact) mass is 274 g/mol. The van der Waals surface area contributed by atoms with Crippen LogP contribution in [0.2, 0.25) is 0 Å². The molecule has 1 aromatic heterocycles. The molecule has 0 radical (unpaired) electrons. The van der Waals surface area contributed by atoms with Crippen molar-refractivity contribution in [3.05, 3.63) is 29.3 Å². The third kappa shape index (κ3) is 3.04. The molecule has 0 atom stereocenters. The number of nitrogens with zero attached hydrogens (tertiary/aromatic N) is 2. The summed E-state index contributed by atoms with van der Waals surface area (Å²) < 4.78 is 10.8. The zero-order valence-electron chi connectivity index (χ0n) is 10.8. The van der Waals surface area contributed by atoms with Crippen molar-refractivity contribution >= 4 is 11.3 Å². The zero-order chi connectivity index (χ0) is 13.7. The average molecular weight is 274 g/mol. The first-order valence-electron chi connectivity index (χ1n) is 5.91. The molecule has 0 saturated carbocycles. The summed E-state index contributed by atoms with van der Waals surface area (Å²) in [5, 5.41) is 9.56. The Labute approximate surface area is 116 Å². The first-order valence-corrected chi connectivity index (χ1v) is 6.73. The van der Waals surface area contributed by atoms with Crippen LogP contribution < -0.4 is 9.47 Å². The average Bonchev–Trinajstić information content (AvgIpc) is 2.88. The van der Waals surface area contributed by atoms with Crippen LogP contribution in [0.1, 0.15) is 11.8 Å². The minimum atomic E-state index is 0.395. The Morgan fingerprint density at radius 2 is 2.21 bits per heavy atom. The van der Waals surface area contributed by atoms with Crippen LogP contribution in [-0.4, -0.2) is 18.7 Å². The van der Waals surface area contributed by atoms with E-state index in [4.69, 9.17) is 14.7 Å². The second-order valence-electron chi connectivity index (χ2n) is 3.77. The predicted molar refractivity (Wildman–Crippen MR) is 74.6 cm³/mol. The molecule has 1 aromatic carbocycles. The molecule has 5 heteroatoms. The number of hydrogen-bond acceptors (Lipinski definition) is 5. The lowest BCUT2D eigenvalue weighted by Gasteiger charge is -2.09. The SMILES string of the molecule is CCOc1cc(-c2ncc(CC#N)s2)ccc1OC. The molecule has 98 valence electrons. The number of methoxy groups -OCH3 is 1. The third-order valence-corrected chi connectivity index (χ3v) is 3.56.